The third-order valence-electron chi connectivity index (χ3n) is 4.71. The van der Waals surface area contributed by atoms with Gasteiger partial charge in [0.25, 0.3) is 0 Å². The number of carbonyl (C=O) groups excluding carboxylic acids is 1. The van der Waals surface area contributed by atoms with Crippen LogP contribution in [0.4, 0.5) is 0 Å². The van der Waals surface area contributed by atoms with Gasteiger partial charge >= 0.3 is 0 Å². The lowest BCUT2D eigenvalue weighted by Crippen LogP contribution is -2.47. The number of rotatable bonds is 5. The predicted octanol–water partition coefficient (Wildman–Crippen LogP) is 1.01. The number of nitrogens with one attached hydrogen (secondary N) is 2. The normalized spacial score (nSPS) is 28.3. The average molecular weight is 285 g/mol. The molecule has 2 saturated heterocycles. The Morgan fingerprint density at radius 2 is 2.29 bits per heavy atom. The Hall–Kier alpha value is -1.65. The molecule has 4 nitrogen and oxygen atoms in total. The van der Waals surface area contributed by atoms with Crippen molar-refractivity contribution in [3.05, 3.63) is 48.6 Å². The van der Waals surface area contributed by atoms with E-state index in [9.17, 15) is 4.79 Å². The fourth-order valence-electron chi connectivity index (χ4n) is 3.65. The summed E-state index contributed by atoms with van der Waals surface area (Å²) in [4.78, 5) is 15.0. The Bertz CT molecular complexity index is 516. The van der Waals surface area contributed by atoms with E-state index in [1.807, 2.05) is 6.07 Å². The van der Waals surface area contributed by atoms with Crippen LogP contribution in [0.25, 0.3) is 0 Å². The van der Waals surface area contributed by atoms with Crippen molar-refractivity contribution < 1.29 is 4.79 Å². The summed E-state index contributed by atoms with van der Waals surface area (Å²) in [6.07, 6.45) is 1.74. The number of hydrogen-bond donors (Lipinski definition) is 2. The fourth-order valence-corrected chi connectivity index (χ4v) is 3.65. The fraction of sp³-hybridized carbons (Fsp3) is 0.471. The summed E-state index contributed by atoms with van der Waals surface area (Å²) in [7, 11) is 0. The zero-order valence-corrected chi connectivity index (χ0v) is 12.3. The molecule has 0 saturated carbocycles. The van der Waals surface area contributed by atoms with Crippen LogP contribution >= 0.6 is 0 Å². The predicted molar refractivity (Wildman–Crippen MR) is 83.7 cm³/mol. The van der Waals surface area contributed by atoms with Crippen molar-refractivity contribution in [3.63, 3.8) is 0 Å². The highest BCUT2D eigenvalue weighted by atomic mass is 16.2. The third kappa shape index (κ3) is 2.74. The number of fused-ring (bicyclic) bond motifs is 1. The Labute approximate surface area is 126 Å². The van der Waals surface area contributed by atoms with Crippen LogP contribution in [0.1, 0.15) is 5.56 Å². The molecule has 0 spiro atoms. The van der Waals surface area contributed by atoms with Gasteiger partial charge < -0.3 is 10.6 Å². The van der Waals surface area contributed by atoms with Crippen LogP contribution in [-0.4, -0.2) is 43.5 Å². The van der Waals surface area contributed by atoms with Crippen molar-refractivity contribution >= 4 is 5.91 Å². The second kappa shape index (κ2) is 6.00. The molecule has 1 aromatic carbocycles. The summed E-state index contributed by atoms with van der Waals surface area (Å²) in [6.45, 7) is 8.69. The van der Waals surface area contributed by atoms with Crippen molar-refractivity contribution in [2.45, 2.75) is 6.54 Å². The Balaban J connectivity index is 1.70. The van der Waals surface area contributed by atoms with Crippen molar-refractivity contribution in [1.82, 2.24) is 15.5 Å². The molecule has 1 aromatic rings. The van der Waals surface area contributed by atoms with Crippen LogP contribution in [0.3, 0.4) is 0 Å². The van der Waals surface area contributed by atoms with Gasteiger partial charge in [0.1, 0.15) is 0 Å². The van der Waals surface area contributed by atoms with Crippen molar-refractivity contribution in [3.8, 4) is 0 Å². The van der Waals surface area contributed by atoms with Crippen molar-refractivity contribution in [2.24, 2.45) is 11.3 Å². The van der Waals surface area contributed by atoms with E-state index in [2.05, 4.69) is 46.4 Å². The van der Waals surface area contributed by atoms with Gasteiger partial charge in [-0.25, -0.2) is 0 Å². The maximum absolute atomic E-state index is 12.6. The lowest BCUT2D eigenvalue weighted by Gasteiger charge is -2.26. The van der Waals surface area contributed by atoms with E-state index in [0.29, 0.717) is 12.5 Å². The Morgan fingerprint density at radius 3 is 3.05 bits per heavy atom. The molecule has 3 rings (SSSR count). The molecule has 2 fully saturated rings. The van der Waals surface area contributed by atoms with Gasteiger partial charge in [-0.1, -0.05) is 36.4 Å². The molecule has 2 aliphatic rings. The number of likely N-dealkylation sites (tertiary alicyclic amines) is 1. The average Bonchev–Trinajstić information content (AvgIpc) is 3.03. The number of benzene rings is 1. The molecule has 2 atom stereocenters. The molecule has 112 valence electrons. The summed E-state index contributed by atoms with van der Waals surface area (Å²) in [5, 5.41) is 6.39. The molecule has 2 aliphatic heterocycles. The first-order valence-corrected chi connectivity index (χ1v) is 7.61. The zero-order chi connectivity index (χ0) is 14.7. The summed E-state index contributed by atoms with van der Waals surface area (Å²) < 4.78 is 0. The van der Waals surface area contributed by atoms with E-state index >= 15 is 0 Å². The topological polar surface area (TPSA) is 44.4 Å². The Kier molecular flexibility index (Phi) is 4.08. The molecule has 0 aromatic heterocycles. The van der Waals surface area contributed by atoms with Gasteiger partial charge in [0.05, 0.1) is 5.41 Å². The van der Waals surface area contributed by atoms with E-state index in [-0.39, 0.29) is 11.3 Å². The molecule has 0 unspecified atom stereocenters. The number of hydrogen-bond acceptors (Lipinski definition) is 3. The van der Waals surface area contributed by atoms with Crippen molar-refractivity contribution in [1.29, 1.82) is 0 Å². The van der Waals surface area contributed by atoms with Crippen LogP contribution in [0.2, 0.25) is 0 Å². The van der Waals surface area contributed by atoms with Crippen molar-refractivity contribution in [2.75, 3.05) is 32.7 Å². The summed E-state index contributed by atoms with van der Waals surface area (Å²) in [5.41, 5.74) is 1.05. The second-order valence-corrected chi connectivity index (χ2v) is 6.14. The molecular formula is C17H23N3O. The molecule has 0 aliphatic carbocycles. The molecule has 2 N–H and O–H groups in total. The first-order chi connectivity index (χ1) is 10.2. The number of amides is 1. The molecule has 1 amide bonds. The van der Waals surface area contributed by atoms with Gasteiger partial charge in [0.2, 0.25) is 5.91 Å². The molecule has 0 bridgehead atoms. The smallest absolute Gasteiger partial charge is 0.229 e. The van der Waals surface area contributed by atoms with Gasteiger partial charge in [-0.05, 0) is 5.56 Å². The SMILES string of the molecule is C=CCNC(=O)[C@@]12CNC[C@@H]1CN(Cc1ccccc1)C2. The molecule has 21 heavy (non-hydrogen) atoms. The first kappa shape index (κ1) is 14.3. The largest absolute Gasteiger partial charge is 0.352 e. The van der Waals surface area contributed by atoms with Gasteiger partial charge in [0.15, 0.2) is 0 Å². The second-order valence-electron chi connectivity index (χ2n) is 6.14. The van der Waals surface area contributed by atoms with E-state index in [1.54, 1.807) is 6.08 Å². The summed E-state index contributed by atoms with van der Waals surface area (Å²) in [5.74, 6) is 0.582. The zero-order valence-electron chi connectivity index (χ0n) is 12.3. The van der Waals surface area contributed by atoms with E-state index in [4.69, 9.17) is 0 Å². The molecule has 2 heterocycles. The quantitative estimate of drug-likeness (QED) is 0.794. The van der Waals surface area contributed by atoms with E-state index in [1.165, 1.54) is 5.56 Å². The van der Waals surface area contributed by atoms with E-state index < -0.39 is 0 Å². The van der Waals surface area contributed by atoms with Crippen LogP contribution in [-0.2, 0) is 11.3 Å². The lowest BCUT2D eigenvalue weighted by atomic mass is 9.80. The van der Waals surface area contributed by atoms with Gasteiger partial charge in [-0.2, -0.15) is 0 Å². The number of carbonyl (C=O) groups is 1. The highest BCUT2D eigenvalue weighted by molar-refractivity contribution is 5.84. The van der Waals surface area contributed by atoms with Gasteiger partial charge in [0, 0.05) is 45.2 Å². The standard InChI is InChI=1S/C17H23N3O/c1-2-8-19-16(21)17-12-18-9-15(17)11-20(13-17)10-14-6-4-3-5-7-14/h2-7,15,18H,1,8-13H2,(H,19,21)/t15-,17-/m1/s1. The minimum absolute atomic E-state index is 0.174. The first-order valence-electron chi connectivity index (χ1n) is 7.61. The Morgan fingerprint density at radius 1 is 1.48 bits per heavy atom. The third-order valence-corrected chi connectivity index (χ3v) is 4.71. The highest BCUT2D eigenvalue weighted by Crippen LogP contribution is 2.39. The highest BCUT2D eigenvalue weighted by Gasteiger charge is 2.54. The summed E-state index contributed by atoms with van der Waals surface area (Å²) in [6, 6.07) is 10.5. The van der Waals surface area contributed by atoms with Gasteiger partial charge in [-0.3, -0.25) is 9.69 Å². The van der Waals surface area contributed by atoms with Crippen LogP contribution in [0.5, 0.6) is 0 Å². The van der Waals surface area contributed by atoms with Crippen LogP contribution < -0.4 is 10.6 Å². The maximum Gasteiger partial charge on any atom is 0.229 e. The minimum atomic E-state index is -0.266. The number of nitrogens with zero attached hydrogens (tertiary/aromatic N) is 1. The van der Waals surface area contributed by atoms with Crippen LogP contribution in [0, 0.1) is 11.3 Å². The van der Waals surface area contributed by atoms with Crippen LogP contribution in [0.15, 0.2) is 43.0 Å². The van der Waals surface area contributed by atoms with Gasteiger partial charge in [-0.15, -0.1) is 6.58 Å². The molecular weight excluding hydrogens is 262 g/mol. The van der Waals surface area contributed by atoms with E-state index in [0.717, 1.165) is 32.7 Å². The minimum Gasteiger partial charge on any atom is -0.352 e. The lowest BCUT2D eigenvalue weighted by molar-refractivity contribution is -0.130. The summed E-state index contributed by atoms with van der Waals surface area (Å²) >= 11 is 0. The molecule has 4 heteroatoms. The molecule has 0 radical (unpaired) electrons. The monoisotopic (exact) mass is 285 g/mol. The maximum atomic E-state index is 12.6.